The predicted molar refractivity (Wildman–Crippen MR) is 137 cm³/mol. The number of rotatable bonds is 7. The van der Waals surface area contributed by atoms with Crippen LogP contribution in [0.2, 0.25) is 0 Å². The van der Waals surface area contributed by atoms with Crippen LogP contribution in [0.3, 0.4) is 0 Å². The van der Waals surface area contributed by atoms with E-state index in [-0.39, 0.29) is 5.56 Å². The Bertz CT molecular complexity index is 1300. The zero-order chi connectivity index (χ0) is 31.0. The zero-order valence-corrected chi connectivity index (χ0v) is 22.1. The second-order valence-electron chi connectivity index (χ2n) is 10.1. The second kappa shape index (κ2) is 12.5. The molecule has 0 aliphatic carbocycles. The summed E-state index contributed by atoms with van der Waals surface area (Å²) in [5.41, 5.74) is -2.25. The summed E-state index contributed by atoms with van der Waals surface area (Å²) in [6.07, 6.45) is -18.6. The molecule has 2 saturated heterocycles. The number of hydrogen-bond acceptors (Lipinski definition) is 15. The van der Waals surface area contributed by atoms with Gasteiger partial charge in [-0.25, -0.2) is 4.79 Å². The highest BCUT2D eigenvalue weighted by atomic mass is 16.6. The first kappa shape index (κ1) is 31.6. The van der Waals surface area contributed by atoms with E-state index >= 15 is 0 Å². The van der Waals surface area contributed by atoms with E-state index in [0.29, 0.717) is 0 Å². The molecule has 4 rings (SSSR count). The number of esters is 1. The lowest BCUT2D eigenvalue weighted by atomic mass is 9.84. The third kappa shape index (κ3) is 5.54. The standard InChI is InChI=1S/C27H32O15/c1-9(29)13-18(32)14(25-23(37)21(35)16(30)11(7-28)41-25)20(34)15(19(13)33)26-24(38)22(36)17(31)12(42-26)8-40-27(39)10-5-3-2-4-6-10/h2-6,11-12,16-17,21-26,28,30-38H,7-8H2,1H3/t11-,12-,16-,17-,21+,22+,23-,24-,25+,26+/m1/s1. The fourth-order valence-corrected chi connectivity index (χ4v) is 5.11. The molecule has 42 heavy (non-hydrogen) atoms. The molecule has 230 valence electrons. The highest BCUT2D eigenvalue weighted by Crippen LogP contribution is 2.52. The summed E-state index contributed by atoms with van der Waals surface area (Å²) >= 11 is 0. The van der Waals surface area contributed by atoms with Gasteiger partial charge in [-0.15, -0.1) is 0 Å². The average Bonchev–Trinajstić information content (AvgIpc) is 2.96. The maximum Gasteiger partial charge on any atom is 0.338 e. The maximum atomic E-state index is 12.5. The van der Waals surface area contributed by atoms with Crippen molar-refractivity contribution in [2.45, 2.75) is 68.0 Å². The van der Waals surface area contributed by atoms with Gasteiger partial charge in [-0.2, -0.15) is 0 Å². The molecule has 0 amide bonds. The molecule has 2 aliphatic heterocycles. The summed E-state index contributed by atoms with van der Waals surface area (Å²) < 4.78 is 16.2. The number of phenolic OH excluding ortho intramolecular Hbond substituents is 3. The first-order valence-electron chi connectivity index (χ1n) is 12.9. The van der Waals surface area contributed by atoms with Crippen LogP contribution in [0.5, 0.6) is 17.2 Å². The van der Waals surface area contributed by atoms with Crippen LogP contribution in [0.4, 0.5) is 0 Å². The van der Waals surface area contributed by atoms with Gasteiger partial charge in [0.2, 0.25) is 0 Å². The minimum Gasteiger partial charge on any atom is -0.507 e. The second-order valence-corrected chi connectivity index (χ2v) is 10.1. The maximum absolute atomic E-state index is 12.5. The number of aliphatic hydroxyl groups excluding tert-OH is 7. The minimum absolute atomic E-state index is 0.157. The van der Waals surface area contributed by atoms with E-state index in [1.165, 1.54) is 12.1 Å². The lowest BCUT2D eigenvalue weighted by Crippen LogP contribution is -2.56. The molecule has 2 fully saturated rings. The number of carbonyl (C=O) groups is 2. The van der Waals surface area contributed by atoms with E-state index in [4.69, 9.17) is 14.2 Å². The zero-order valence-electron chi connectivity index (χ0n) is 22.1. The molecule has 2 aliphatic rings. The normalized spacial score (nSPS) is 33.2. The Labute approximate surface area is 238 Å². The van der Waals surface area contributed by atoms with Crippen molar-refractivity contribution in [1.29, 1.82) is 0 Å². The molecule has 0 spiro atoms. The highest BCUT2D eigenvalue weighted by Gasteiger charge is 2.50. The van der Waals surface area contributed by atoms with Crippen molar-refractivity contribution in [1.82, 2.24) is 0 Å². The van der Waals surface area contributed by atoms with Crippen molar-refractivity contribution in [2.75, 3.05) is 13.2 Å². The summed E-state index contributed by atoms with van der Waals surface area (Å²) in [6, 6.07) is 7.73. The van der Waals surface area contributed by atoms with Gasteiger partial charge in [0.05, 0.1) is 23.3 Å². The van der Waals surface area contributed by atoms with Crippen molar-refractivity contribution in [3.63, 3.8) is 0 Å². The van der Waals surface area contributed by atoms with Gasteiger partial charge in [-0.05, 0) is 19.1 Å². The minimum atomic E-state index is -2.08. The van der Waals surface area contributed by atoms with Gasteiger partial charge in [0.15, 0.2) is 5.78 Å². The molecule has 15 nitrogen and oxygen atoms in total. The van der Waals surface area contributed by atoms with Gasteiger partial charge in [0.25, 0.3) is 0 Å². The van der Waals surface area contributed by atoms with Crippen LogP contribution in [-0.2, 0) is 14.2 Å². The monoisotopic (exact) mass is 596 g/mol. The molecule has 2 aromatic rings. The third-order valence-corrected chi connectivity index (χ3v) is 7.41. The number of aliphatic hydroxyl groups is 7. The average molecular weight is 597 g/mol. The molecule has 10 atom stereocenters. The third-order valence-electron chi connectivity index (χ3n) is 7.41. The van der Waals surface area contributed by atoms with Crippen LogP contribution >= 0.6 is 0 Å². The van der Waals surface area contributed by atoms with Crippen LogP contribution in [0.25, 0.3) is 0 Å². The number of carbonyl (C=O) groups excluding carboxylic acids is 2. The largest absolute Gasteiger partial charge is 0.507 e. The number of ketones is 1. The first-order chi connectivity index (χ1) is 19.8. The van der Waals surface area contributed by atoms with E-state index in [0.717, 1.165) is 6.92 Å². The predicted octanol–water partition coefficient (Wildman–Crippen LogP) is -2.10. The van der Waals surface area contributed by atoms with Crippen LogP contribution in [-0.4, -0.2) is 125 Å². The molecule has 0 unspecified atom stereocenters. The Morgan fingerprint density at radius 1 is 0.714 bits per heavy atom. The molecule has 10 N–H and O–H groups in total. The van der Waals surface area contributed by atoms with E-state index < -0.39 is 120 Å². The van der Waals surface area contributed by atoms with E-state index in [2.05, 4.69) is 0 Å². The van der Waals surface area contributed by atoms with Crippen LogP contribution in [0.15, 0.2) is 30.3 Å². The molecule has 15 heteroatoms. The topological polar surface area (TPSA) is 264 Å². The van der Waals surface area contributed by atoms with Crippen molar-refractivity contribution < 1.29 is 74.9 Å². The molecule has 0 bridgehead atoms. The summed E-state index contributed by atoms with van der Waals surface area (Å²) in [5.74, 6) is -5.10. The Hall–Kier alpha value is -3.38. The first-order valence-corrected chi connectivity index (χ1v) is 12.9. The highest BCUT2D eigenvalue weighted by molar-refractivity contribution is 6.01. The SMILES string of the molecule is CC(=O)c1c(O)c([C@@H]2O[C@H](CO)[C@@H](O)[C@H](O)[C@H]2O)c(O)c([C@@H]2O[C@H](COC(=O)c3ccccc3)[C@@H](O)[C@H](O)[C@H]2O)c1O. The molecule has 0 radical (unpaired) electrons. The molecule has 0 aromatic heterocycles. The number of ether oxygens (including phenoxy) is 3. The van der Waals surface area contributed by atoms with E-state index in [1.807, 2.05) is 0 Å². The van der Waals surface area contributed by atoms with Crippen molar-refractivity contribution in [3.05, 3.63) is 52.6 Å². The van der Waals surface area contributed by atoms with Crippen molar-refractivity contribution in [3.8, 4) is 17.2 Å². The Morgan fingerprint density at radius 2 is 1.19 bits per heavy atom. The fraction of sp³-hybridized carbons (Fsp3) is 0.481. The fourth-order valence-electron chi connectivity index (χ4n) is 5.11. The van der Waals surface area contributed by atoms with Crippen molar-refractivity contribution >= 4 is 11.8 Å². The van der Waals surface area contributed by atoms with Gasteiger partial charge >= 0.3 is 5.97 Å². The number of phenols is 3. The quantitative estimate of drug-likeness (QED) is 0.121. The lowest BCUT2D eigenvalue weighted by Gasteiger charge is -2.42. The van der Waals surface area contributed by atoms with Gasteiger partial charge in [0, 0.05) is 0 Å². The van der Waals surface area contributed by atoms with E-state index in [1.54, 1.807) is 18.2 Å². The Kier molecular flexibility index (Phi) is 9.36. The molecular weight excluding hydrogens is 564 g/mol. The van der Waals surface area contributed by atoms with E-state index in [9.17, 15) is 60.7 Å². The number of Topliss-reactive ketones (excluding diaryl/α,β-unsaturated/α-hetero) is 1. The van der Waals surface area contributed by atoms with Crippen molar-refractivity contribution in [2.24, 2.45) is 0 Å². The van der Waals surface area contributed by atoms with Crippen LogP contribution in [0, 0.1) is 0 Å². The molecule has 2 heterocycles. The summed E-state index contributed by atoms with van der Waals surface area (Å²) in [6.45, 7) is -0.617. The Morgan fingerprint density at radius 3 is 1.67 bits per heavy atom. The molecular formula is C27H32O15. The number of hydrogen-bond donors (Lipinski definition) is 10. The summed E-state index contributed by atoms with van der Waals surface area (Å²) in [4.78, 5) is 24.9. The summed E-state index contributed by atoms with van der Waals surface area (Å²) in [5, 5.41) is 106. The lowest BCUT2D eigenvalue weighted by molar-refractivity contribution is -0.234. The number of aromatic hydroxyl groups is 3. The van der Waals surface area contributed by atoms with Gasteiger partial charge < -0.3 is 65.3 Å². The summed E-state index contributed by atoms with van der Waals surface area (Å²) in [7, 11) is 0. The number of benzene rings is 2. The smallest absolute Gasteiger partial charge is 0.338 e. The molecule has 0 saturated carbocycles. The van der Waals surface area contributed by atoms with Crippen LogP contribution in [0.1, 0.15) is 51.0 Å². The van der Waals surface area contributed by atoms with Gasteiger partial charge in [-0.3, -0.25) is 4.79 Å². The molecule has 2 aromatic carbocycles. The van der Waals surface area contributed by atoms with Gasteiger partial charge in [0.1, 0.15) is 90.5 Å². The van der Waals surface area contributed by atoms with Gasteiger partial charge in [-0.1, -0.05) is 18.2 Å². The Balaban J connectivity index is 1.76. The van der Waals surface area contributed by atoms with Crippen LogP contribution < -0.4 is 0 Å².